The lowest BCUT2D eigenvalue weighted by Gasteiger charge is -2.22. The molecule has 1 unspecified atom stereocenters. The minimum absolute atomic E-state index is 0.0185. The summed E-state index contributed by atoms with van der Waals surface area (Å²) in [6.45, 7) is 0.763. The van der Waals surface area contributed by atoms with Crippen molar-refractivity contribution in [3.05, 3.63) is 53.2 Å². The van der Waals surface area contributed by atoms with Gasteiger partial charge in [0.15, 0.2) is 10.3 Å². The number of thiazole rings is 2. The van der Waals surface area contributed by atoms with E-state index in [1.807, 2.05) is 10.3 Å². The van der Waals surface area contributed by atoms with Gasteiger partial charge in [-0.2, -0.15) is 0 Å². The van der Waals surface area contributed by atoms with Crippen LogP contribution in [0.25, 0.3) is 0 Å². The lowest BCUT2D eigenvalue weighted by molar-refractivity contribution is -0.141. The molecule has 242 valence electrons. The maximum absolute atomic E-state index is 13.2. The monoisotopic (exact) mass is 658 g/mol. The van der Waals surface area contributed by atoms with Crippen LogP contribution < -0.4 is 16.0 Å². The Hall–Kier alpha value is -3.75. The summed E-state index contributed by atoms with van der Waals surface area (Å²) in [5.41, 5.74) is 0.406. The number of rotatable bonds is 8. The van der Waals surface area contributed by atoms with E-state index in [9.17, 15) is 23.6 Å². The number of likely N-dealkylation sites (tertiary alicyclic amines) is 1. The highest BCUT2D eigenvalue weighted by molar-refractivity contribution is 7.14. The summed E-state index contributed by atoms with van der Waals surface area (Å²) in [5.74, 6) is -1.08. The molecule has 4 N–H and O–H groups in total. The van der Waals surface area contributed by atoms with Gasteiger partial charge in [0.25, 0.3) is 0 Å². The number of amides is 3. The van der Waals surface area contributed by atoms with Crippen molar-refractivity contribution in [3.63, 3.8) is 0 Å². The van der Waals surface area contributed by atoms with Crippen LogP contribution >= 0.6 is 22.7 Å². The number of benzene rings is 1. The van der Waals surface area contributed by atoms with Crippen molar-refractivity contribution in [3.8, 4) is 0 Å². The molecule has 0 spiro atoms. The van der Waals surface area contributed by atoms with Crippen molar-refractivity contribution in [2.75, 3.05) is 29.0 Å². The number of halogens is 1. The van der Waals surface area contributed by atoms with Crippen molar-refractivity contribution in [2.45, 2.75) is 70.3 Å². The van der Waals surface area contributed by atoms with E-state index >= 15 is 0 Å². The Kier molecular flexibility index (Phi) is 13.4. The molecule has 1 saturated heterocycles. The van der Waals surface area contributed by atoms with Gasteiger partial charge >= 0.3 is 5.97 Å². The Bertz CT molecular complexity index is 1380. The molecular formula is C31H39FN6O5S2. The van der Waals surface area contributed by atoms with Crippen molar-refractivity contribution in [1.29, 1.82) is 0 Å². The number of nitrogens with one attached hydrogen (secondary N) is 3. The quantitative estimate of drug-likeness (QED) is 0.235. The number of carbonyl (C=O) groups is 4. The number of hydrogen-bond acceptors (Lipinski definition) is 9. The van der Waals surface area contributed by atoms with Crippen molar-refractivity contribution >= 4 is 62.3 Å². The van der Waals surface area contributed by atoms with Crippen LogP contribution in [0, 0.1) is 17.7 Å². The predicted molar refractivity (Wildman–Crippen MR) is 173 cm³/mol. The average molecular weight is 659 g/mol. The summed E-state index contributed by atoms with van der Waals surface area (Å²) in [4.78, 5) is 56.1. The van der Waals surface area contributed by atoms with Gasteiger partial charge in [-0.1, -0.05) is 31.7 Å². The number of anilines is 3. The molecule has 3 amide bonds. The highest BCUT2D eigenvalue weighted by Gasteiger charge is 2.32. The highest BCUT2D eigenvalue weighted by Crippen LogP contribution is 2.26. The molecule has 2 aromatic heterocycles. The second-order valence-corrected chi connectivity index (χ2v) is 12.9. The van der Waals surface area contributed by atoms with Crippen LogP contribution in [-0.4, -0.2) is 62.8 Å². The van der Waals surface area contributed by atoms with Gasteiger partial charge in [-0.3, -0.25) is 24.1 Å². The summed E-state index contributed by atoms with van der Waals surface area (Å²) >= 11 is 2.82. The number of hydrogen-bond donors (Lipinski definition) is 4. The number of carbonyl (C=O) groups excluding carboxylic acids is 3. The van der Waals surface area contributed by atoms with Gasteiger partial charge in [0.05, 0.1) is 18.5 Å². The maximum Gasteiger partial charge on any atom is 0.306 e. The fourth-order valence-corrected chi connectivity index (χ4v) is 6.65. The van der Waals surface area contributed by atoms with Gasteiger partial charge in [-0.25, -0.2) is 14.4 Å². The number of carboxylic acid groups (broad SMARTS) is 1. The van der Waals surface area contributed by atoms with E-state index in [1.54, 1.807) is 23.8 Å². The molecule has 1 atom stereocenters. The first kappa shape index (κ1) is 34.1. The van der Waals surface area contributed by atoms with Crippen LogP contribution in [-0.2, 0) is 19.2 Å². The van der Waals surface area contributed by atoms with Gasteiger partial charge in [-0.05, 0) is 63.3 Å². The third kappa shape index (κ3) is 11.3. The van der Waals surface area contributed by atoms with Crippen molar-refractivity contribution in [2.24, 2.45) is 11.8 Å². The van der Waals surface area contributed by atoms with Gasteiger partial charge in [0.2, 0.25) is 17.7 Å². The molecule has 2 aliphatic carbocycles. The van der Waals surface area contributed by atoms with E-state index in [0.29, 0.717) is 23.8 Å². The zero-order valence-corrected chi connectivity index (χ0v) is 26.6. The lowest BCUT2D eigenvalue weighted by Crippen LogP contribution is -2.43. The highest BCUT2D eigenvalue weighted by atomic mass is 32.1. The van der Waals surface area contributed by atoms with Crippen LogP contribution in [0.5, 0.6) is 0 Å². The van der Waals surface area contributed by atoms with E-state index in [0.717, 1.165) is 50.1 Å². The molecule has 0 bridgehead atoms. The second-order valence-electron chi connectivity index (χ2n) is 11.1. The first-order valence-corrected chi connectivity index (χ1v) is 17.0. The van der Waals surface area contributed by atoms with Crippen LogP contribution in [0.15, 0.2) is 47.4 Å². The van der Waals surface area contributed by atoms with E-state index in [-0.39, 0.29) is 42.1 Å². The number of nitrogens with zero attached hydrogens (tertiary/aromatic N) is 3. The van der Waals surface area contributed by atoms with E-state index in [4.69, 9.17) is 5.11 Å². The summed E-state index contributed by atoms with van der Waals surface area (Å²) in [7, 11) is 0. The summed E-state index contributed by atoms with van der Waals surface area (Å²) in [6, 6.07) is 5.37. The van der Waals surface area contributed by atoms with E-state index in [2.05, 4.69) is 25.9 Å². The zero-order valence-electron chi connectivity index (χ0n) is 25.0. The molecule has 45 heavy (non-hydrogen) atoms. The molecule has 2 saturated carbocycles. The standard InChI is InChI=1S/C16H17FN4O2S.C9H12N2OS.C6H10O2/c17-11-3-1-4-12(9-11)19-14(22)10-21-7-2-5-13(21)15(23)20-16-18-6-8-24-16;12-8(7-3-1-2-4-7)11-9-10-5-6-13-9;7-6(8)5-3-1-2-4-5/h1,3-4,6,8-9,13H,2,5,7,10H2,(H,19,22)(H,18,20,23);5-7H,1-4H2,(H,10,11,12);5H,1-4H2,(H,7,8). The molecule has 1 aliphatic heterocycles. The normalized spacial score (nSPS) is 18.3. The molecule has 11 nitrogen and oxygen atoms in total. The molecule has 3 heterocycles. The van der Waals surface area contributed by atoms with Crippen LogP contribution in [0.2, 0.25) is 0 Å². The molecule has 14 heteroatoms. The van der Waals surface area contributed by atoms with Crippen LogP contribution in [0.4, 0.5) is 20.3 Å². The SMILES string of the molecule is O=C(CN1CCCC1C(=O)Nc1nccs1)Nc1cccc(F)c1.O=C(Nc1nccs1)C1CCCC1.O=C(O)C1CCCC1. The molecule has 6 rings (SSSR count). The fraction of sp³-hybridized carbons (Fsp3) is 0.484. The van der Waals surface area contributed by atoms with E-state index < -0.39 is 11.8 Å². The second kappa shape index (κ2) is 17.7. The molecule has 0 radical (unpaired) electrons. The third-order valence-electron chi connectivity index (χ3n) is 7.88. The minimum atomic E-state index is -0.609. The molecule has 1 aromatic carbocycles. The zero-order chi connectivity index (χ0) is 32.0. The van der Waals surface area contributed by atoms with Gasteiger partial charge in [0.1, 0.15) is 5.82 Å². The summed E-state index contributed by atoms with van der Waals surface area (Å²) in [6.07, 6.45) is 13.3. The van der Waals surface area contributed by atoms with Crippen molar-refractivity contribution < 1.29 is 28.7 Å². The van der Waals surface area contributed by atoms with Gasteiger partial charge in [0, 0.05) is 34.8 Å². The Morgan fingerprint density at radius 2 is 1.42 bits per heavy atom. The predicted octanol–water partition coefficient (Wildman–Crippen LogP) is 5.86. The van der Waals surface area contributed by atoms with Gasteiger partial charge in [-0.15, -0.1) is 22.7 Å². The Labute approximate surface area is 269 Å². The molecule has 3 aliphatic rings. The van der Waals surface area contributed by atoms with Crippen LogP contribution in [0.1, 0.15) is 64.2 Å². The number of carboxylic acids is 1. The van der Waals surface area contributed by atoms with Crippen LogP contribution in [0.3, 0.4) is 0 Å². The summed E-state index contributed by atoms with van der Waals surface area (Å²) < 4.78 is 13.2. The molecular weight excluding hydrogens is 620 g/mol. The van der Waals surface area contributed by atoms with Gasteiger partial charge < -0.3 is 21.1 Å². The smallest absolute Gasteiger partial charge is 0.306 e. The average Bonchev–Trinajstić information content (AvgIpc) is 3.85. The third-order valence-corrected chi connectivity index (χ3v) is 9.25. The first-order valence-electron chi connectivity index (χ1n) is 15.2. The first-order chi connectivity index (χ1) is 21.8. The fourth-order valence-electron chi connectivity index (χ4n) is 5.59. The van der Waals surface area contributed by atoms with Crippen molar-refractivity contribution in [1.82, 2.24) is 14.9 Å². The maximum atomic E-state index is 13.2. The summed E-state index contributed by atoms with van der Waals surface area (Å²) in [5, 5.41) is 21.6. The Balaban J connectivity index is 0.000000182. The lowest BCUT2D eigenvalue weighted by atomic mass is 10.1. The number of aliphatic carboxylic acids is 1. The topological polar surface area (TPSA) is 154 Å². The Morgan fingerprint density at radius 1 is 0.822 bits per heavy atom. The number of aromatic nitrogens is 2. The molecule has 3 aromatic rings. The van der Waals surface area contributed by atoms with E-state index in [1.165, 1.54) is 53.7 Å². The Morgan fingerprint density at radius 3 is 1.96 bits per heavy atom. The minimum Gasteiger partial charge on any atom is -0.481 e. The largest absolute Gasteiger partial charge is 0.481 e. The molecule has 3 fully saturated rings.